The van der Waals surface area contributed by atoms with Crippen LogP contribution in [0.2, 0.25) is 0 Å². The van der Waals surface area contributed by atoms with Crippen LogP contribution >= 0.6 is 39.0 Å². The Labute approximate surface area is 117 Å². The largest absolute Gasteiger partial charge is 0.358 e. The first kappa shape index (κ1) is 11.8. The molecule has 0 saturated carbocycles. The number of aromatic nitrogens is 1. The first-order valence-corrected chi connectivity index (χ1v) is 8.48. The predicted molar refractivity (Wildman–Crippen MR) is 81.3 cm³/mol. The van der Waals surface area contributed by atoms with E-state index in [-0.39, 0.29) is 0 Å². The molecule has 2 nitrogen and oxygen atoms in total. The normalized spacial score (nSPS) is 20.6. The molecule has 2 heterocycles. The third-order valence-electron chi connectivity index (χ3n) is 2.84. The van der Waals surface area contributed by atoms with Gasteiger partial charge in [0.1, 0.15) is 0 Å². The number of nitrogens with one attached hydrogen (secondary N) is 1. The topological polar surface area (TPSA) is 24.9 Å². The molecule has 90 valence electrons. The summed E-state index contributed by atoms with van der Waals surface area (Å²) >= 11 is 7.27. The maximum Gasteiger partial charge on any atom is 0.184 e. The fourth-order valence-corrected chi connectivity index (χ4v) is 4.34. The van der Waals surface area contributed by atoms with Gasteiger partial charge in [-0.05, 0) is 36.8 Å². The number of rotatable bonds is 2. The lowest BCUT2D eigenvalue weighted by molar-refractivity contribution is 0.685. The molecule has 1 atom stereocenters. The highest BCUT2D eigenvalue weighted by Crippen LogP contribution is 2.30. The maximum atomic E-state index is 4.64. The molecular formula is C12H13BrN2S2. The van der Waals surface area contributed by atoms with Gasteiger partial charge < -0.3 is 5.32 Å². The summed E-state index contributed by atoms with van der Waals surface area (Å²) in [5.74, 6) is 2.52. The summed E-state index contributed by atoms with van der Waals surface area (Å²) in [5.41, 5.74) is 1.08. The van der Waals surface area contributed by atoms with Crippen molar-refractivity contribution < 1.29 is 0 Å². The van der Waals surface area contributed by atoms with E-state index in [9.17, 15) is 0 Å². The van der Waals surface area contributed by atoms with Gasteiger partial charge in [0.15, 0.2) is 5.13 Å². The molecule has 2 aromatic rings. The van der Waals surface area contributed by atoms with Gasteiger partial charge in [0, 0.05) is 16.3 Å². The lowest BCUT2D eigenvalue weighted by Crippen LogP contribution is -2.25. The zero-order chi connectivity index (χ0) is 11.7. The van der Waals surface area contributed by atoms with Crippen molar-refractivity contribution >= 4 is 54.4 Å². The fraction of sp³-hybridized carbons (Fsp3) is 0.417. The molecule has 1 saturated heterocycles. The van der Waals surface area contributed by atoms with E-state index in [0.29, 0.717) is 6.04 Å². The Balaban J connectivity index is 1.80. The van der Waals surface area contributed by atoms with Crippen LogP contribution in [0.25, 0.3) is 10.2 Å². The van der Waals surface area contributed by atoms with Gasteiger partial charge in [-0.25, -0.2) is 4.98 Å². The van der Waals surface area contributed by atoms with Crippen molar-refractivity contribution in [2.24, 2.45) is 0 Å². The summed E-state index contributed by atoms with van der Waals surface area (Å²) in [6, 6.07) is 6.86. The lowest BCUT2D eigenvalue weighted by atomic mass is 10.2. The van der Waals surface area contributed by atoms with E-state index in [4.69, 9.17) is 0 Å². The molecule has 3 rings (SSSR count). The molecule has 1 aliphatic rings. The molecule has 5 heteroatoms. The number of nitrogens with zero attached hydrogens (tertiary/aromatic N) is 1. The average Bonchev–Trinajstić information content (AvgIpc) is 2.71. The second-order valence-corrected chi connectivity index (χ2v) is 7.29. The lowest BCUT2D eigenvalue weighted by Gasteiger charge is -2.21. The fourth-order valence-electron chi connectivity index (χ4n) is 1.99. The van der Waals surface area contributed by atoms with Crippen LogP contribution in [-0.4, -0.2) is 22.5 Å². The van der Waals surface area contributed by atoms with Crippen LogP contribution < -0.4 is 5.32 Å². The Morgan fingerprint density at radius 1 is 1.41 bits per heavy atom. The smallest absolute Gasteiger partial charge is 0.184 e. The number of halogens is 1. The molecule has 1 aromatic heterocycles. The first-order valence-electron chi connectivity index (χ1n) is 5.71. The van der Waals surface area contributed by atoms with Crippen LogP contribution in [0.15, 0.2) is 22.7 Å². The van der Waals surface area contributed by atoms with Crippen LogP contribution in [0.5, 0.6) is 0 Å². The molecule has 1 aliphatic heterocycles. The minimum atomic E-state index is 0.595. The van der Waals surface area contributed by atoms with Crippen LogP contribution in [-0.2, 0) is 0 Å². The zero-order valence-corrected chi connectivity index (χ0v) is 12.5. The summed E-state index contributed by atoms with van der Waals surface area (Å²) in [6.07, 6.45) is 2.59. The van der Waals surface area contributed by atoms with E-state index in [0.717, 1.165) is 15.1 Å². The van der Waals surface area contributed by atoms with Gasteiger partial charge >= 0.3 is 0 Å². The van der Waals surface area contributed by atoms with Crippen molar-refractivity contribution in [3.05, 3.63) is 22.7 Å². The third-order valence-corrected chi connectivity index (χ3v) is 5.51. The van der Waals surface area contributed by atoms with Gasteiger partial charge in [-0.2, -0.15) is 11.8 Å². The number of hydrogen-bond acceptors (Lipinski definition) is 4. The number of thioether (sulfide) groups is 1. The Hall–Kier alpha value is -0.260. The van der Waals surface area contributed by atoms with Crippen LogP contribution in [0.1, 0.15) is 12.8 Å². The Kier molecular flexibility index (Phi) is 3.59. The highest BCUT2D eigenvalue weighted by Gasteiger charge is 2.15. The van der Waals surface area contributed by atoms with Crippen molar-refractivity contribution in [1.82, 2.24) is 4.98 Å². The predicted octanol–water partition coefficient (Wildman–Crippen LogP) is 4.37. The van der Waals surface area contributed by atoms with Crippen LogP contribution in [0.3, 0.4) is 0 Å². The molecule has 1 unspecified atom stereocenters. The Bertz CT molecular complexity index is 520. The van der Waals surface area contributed by atoms with Gasteiger partial charge in [-0.1, -0.05) is 27.3 Å². The molecule has 0 aliphatic carbocycles. The molecule has 1 N–H and O–H groups in total. The van der Waals surface area contributed by atoms with E-state index in [1.54, 1.807) is 11.3 Å². The number of benzene rings is 1. The number of hydrogen-bond donors (Lipinski definition) is 1. The molecule has 0 spiro atoms. The quantitative estimate of drug-likeness (QED) is 0.886. The summed E-state index contributed by atoms with van der Waals surface area (Å²) in [6.45, 7) is 0. The number of anilines is 1. The van der Waals surface area contributed by atoms with Gasteiger partial charge in [-0.3, -0.25) is 0 Å². The Morgan fingerprint density at radius 3 is 3.18 bits per heavy atom. The molecule has 17 heavy (non-hydrogen) atoms. The standard InChI is InChI=1S/C12H13BrN2S2/c13-8-3-4-11-10(6-8)15-12(17-11)14-9-2-1-5-16-7-9/h3-4,6,9H,1-2,5,7H2,(H,14,15). The van der Waals surface area contributed by atoms with Gasteiger partial charge in [0.2, 0.25) is 0 Å². The summed E-state index contributed by atoms with van der Waals surface area (Å²) in [4.78, 5) is 4.64. The van der Waals surface area contributed by atoms with E-state index in [2.05, 4.69) is 44.4 Å². The second-order valence-electron chi connectivity index (χ2n) is 4.19. The summed E-state index contributed by atoms with van der Waals surface area (Å²) in [5, 5.41) is 4.62. The van der Waals surface area contributed by atoms with Crippen LogP contribution in [0.4, 0.5) is 5.13 Å². The van der Waals surface area contributed by atoms with E-state index in [1.807, 2.05) is 11.8 Å². The molecular weight excluding hydrogens is 316 g/mol. The molecule has 1 fully saturated rings. The third kappa shape index (κ3) is 2.77. The summed E-state index contributed by atoms with van der Waals surface area (Å²) < 4.78 is 2.34. The van der Waals surface area contributed by atoms with E-state index >= 15 is 0 Å². The minimum absolute atomic E-state index is 0.595. The minimum Gasteiger partial charge on any atom is -0.358 e. The van der Waals surface area contributed by atoms with Crippen molar-refractivity contribution in [1.29, 1.82) is 0 Å². The molecule has 1 aromatic carbocycles. The highest BCUT2D eigenvalue weighted by molar-refractivity contribution is 9.10. The van der Waals surface area contributed by atoms with Gasteiger partial charge in [0.05, 0.1) is 10.2 Å². The van der Waals surface area contributed by atoms with E-state index in [1.165, 1.54) is 29.0 Å². The zero-order valence-electron chi connectivity index (χ0n) is 9.28. The van der Waals surface area contributed by atoms with Crippen molar-refractivity contribution in [2.45, 2.75) is 18.9 Å². The number of thiazole rings is 1. The Morgan fingerprint density at radius 2 is 2.35 bits per heavy atom. The highest BCUT2D eigenvalue weighted by atomic mass is 79.9. The molecule has 0 radical (unpaired) electrons. The SMILES string of the molecule is Brc1ccc2sc(NC3CCCSC3)nc2c1. The van der Waals surface area contributed by atoms with Gasteiger partial charge in [-0.15, -0.1) is 0 Å². The first-order chi connectivity index (χ1) is 8.31. The van der Waals surface area contributed by atoms with Gasteiger partial charge in [0.25, 0.3) is 0 Å². The van der Waals surface area contributed by atoms with Crippen molar-refractivity contribution in [3.63, 3.8) is 0 Å². The average molecular weight is 329 g/mol. The number of fused-ring (bicyclic) bond motifs is 1. The van der Waals surface area contributed by atoms with E-state index < -0.39 is 0 Å². The van der Waals surface area contributed by atoms with Crippen molar-refractivity contribution in [2.75, 3.05) is 16.8 Å². The van der Waals surface area contributed by atoms with Crippen LogP contribution in [0, 0.1) is 0 Å². The second kappa shape index (κ2) is 5.16. The molecule has 0 amide bonds. The summed E-state index contributed by atoms with van der Waals surface area (Å²) in [7, 11) is 0. The maximum absolute atomic E-state index is 4.64. The van der Waals surface area contributed by atoms with Crippen molar-refractivity contribution in [3.8, 4) is 0 Å². The molecule has 0 bridgehead atoms. The monoisotopic (exact) mass is 328 g/mol.